The van der Waals surface area contributed by atoms with Gasteiger partial charge in [-0.25, -0.2) is 4.98 Å². The van der Waals surface area contributed by atoms with Gasteiger partial charge in [-0.15, -0.1) is 0 Å². The summed E-state index contributed by atoms with van der Waals surface area (Å²) in [5.74, 6) is 0.669. The molecule has 24 heavy (non-hydrogen) atoms. The van der Waals surface area contributed by atoms with E-state index in [1.165, 1.54) is 0 Å². The van der Waals surface area contributed by atoms with Crippen molar-refractivity contribution in [1.29, 1.82) is 0 Å². The van der Waals surface area contributed by atoms with Crippen molar-refractivity contribution in [2.45, 2.75) is 6.18 Å². The predicted octanol–water partition coefficient (Wildman–Crippen LogP) is 5.32. The lowest BCUT2D eigenvalue weighted by Crippen LogP contribution is -2.09. The summed E-state index contributed by atoms with van der Waals surface area (Å²) < 4.78 is 44.6. The van der Waals surface area contributed by atoms with Crippen molar-refractivity contribution in [3.8, 4) is 5.75 Å². The molecule has 0 unspecified atom stereocenters. The van der Waals surface area contributed by atoms with Crippen molar-refractivity contribution in [2.75, 3.05) is 7.11 Å². The topological polar surface area (TPSA) is 22.1 Å². The van der Waals surface area contributed by atoms with Crippen LogP contribution in [0.3, 0.4) is 0 Å². The van der Waals surface area contributed by atoms with Crippen LogP contribution in [0.1, 0.15) is 16.8 Å². The van der Waals surface area contributed by atoms with Crippen molar-refractivity contribution < 1.29 is 17.9 Å². The first kappa shape index (κ1) is 16.1. The highest BCUT2D eigenvalue weighted by Gasteiger charge is 2.33. The summed E-state index contributed by atoms with van der Waals surface area (Å²) >= 11 is 0. The Bertz CT molecular complexity index is 899. The van der Waals surface area contributed by atoms with Crippen LogP contribution in [0.15, 0.2) is 61.2 Å². The number of hydrogen-bond donors (Lipinski definition) is 0. The number of methoxy groups -OCH3 is 1. The molecule has 5 heteroatoms. The van der Waals surface area contributed by atoms with E-state index in [4.69, 9.17) is 4.74 Å². The van der Waals surface area contributed by atoms with Gasteiger partial charge >= 0.3 is 6.18 Å². The lowest BCUT2D eigenvalue weighted by atomic mass is 9.95. The quantitative estimate of drug-likeness (QED) is 0.648. The van der Waals surface area contributed by atoms with Gasteiger partial charge in [0.1, 0.15) is 11.4 Å². The number of nitrogens with zero attached hydrogens (tertiary/aromatic N) is 1. The summed E-state index contributed by atoms with van der Waals surface area (Å²) in [6.45, 7) is 3.99. The Morgan fingerprint density at radius 3 is 2.33 bits per heavy atom. The average Bonchev–Trinajstić information content (AvgIpc) is 2.59. The van der Waals surface area contributed by atoms with Crippen LogP contribution in [-0.4, -0.2) is 12.1 Å². The normalized spacial score (nSPS) is 11.5. The van der Waals surface area contributed by atoms with Gasteiger partial charge in [0.15, 0.2) is 0 Å². The molecule has 0 aliphatic rings. The van der Waals surface area contributed by atoms with Gasteiger partial charge in [0.2, 0.25) is 0 Å². The number of rotatable bonds is 3. The predicted molar refractivity (Wildman–Crippen MR) is 87.9 cm³/mol. The molecule has 0 saturated carbocycles. The fourth-order valence-corrected chi connectivity index (χ4v) is 2.52. The summed E-state index contributed by atoms with van der Waals surface area (Å²) in [6, 6.07) is 14.8. The largest absolute Gasteiger partial charge is 0.497 e. The standard InChI is InChI=1S/C19H14F3NO/c1-12(13-7-9-14(24-2)10-8-13)16-11-18(19(20,21)22)23-17-6-4-3-5-15(16)17/h3-11H,1H2,2H3. The van der Waals surface area contributed by atoms with E-state index < -0.39 is 11.9 Å². The molecular weight excluding hydrogens is 315 g/mol. The number of halogens is 3. The second-order valence-electron chi connectivity index (χ2n) is 5.28. The fraction of sp³-hybridized carbons (Fsp3) is 0.105. The van der Waals surface area contributed by atoms with E-state index in [2.05, 4.69) is 11.6 Å². The highest BCUT2D eigenvalue weighted by molar-refractivity contribution is 5.95. The van der Waals surface area contributed by atoms with Crippen LogP contribution in [-0.2, 0) is 6.18 Å². The third-order valence-corrected chi connectivity index (χ3v) is 3.77. The van der Waals surface area contributed by atoms with Gasteiger partial charge in [0.05, 0.1) is 12.6 Å². The summed E-state index contributed by atoms with van der Waals surface area (Å²) in [4.78, 5) is 3.72. The number of para-hydroxylation sites is 1. The van der Waals surface area contributed by atoms with E-state index in [9.17, 15) is 13.2 Å². The number of benzene rings is 2. The number of ether oxygens (including phenoxy) is 1. The highest BCUT2D eigenvalue weighted by Crippen LogP contribution is 2.35. The van der Waals surface area contributed by atoms with Gasteiger partial charge in [0.25, 0.3) is 0 Å². The van der Waals surface area contributed by atoms with Gasteiger partial charge in [-0.2, -0.15) is 13.2 Å². The maximum atomic E-state index is 13.2. The van der Waals surface area contributed by atoms with Crippen LogP contribution < -0.4 is 4.74 Å². The van der Waals surface area contributed by atoms with Crippen molar-refractivity contribution in [3.63, 3.8) is 0 Å². The highest BCUT2D eigenvalue weighted by atomic mass is 19.4. The van der Waals surface area contributed by atoms with E-state index in [-0.39, 0.29) is 5.52 Å². The lowest BCUT2D eigenvalue weighted by molar-refractivity contribution is -0.140. The zero-order valence-electron chi connectivity index (χ0n) is 12.9. The molecule has 0 saturated heterocycles. The molecule has 3 rings (SSSR count). The molecule has 0 atom stereocenters. The summed E-state index contributed by atoms with van der Waals surface area (Å²) in [5.41, 5.74) is 1.00. The van der Waals surface area contributed by atoms with Gasteiger partial charge in [-0.05, 0) is 41.0 Å². The molecule has 0 aliphatic heterocycles. The molecule has 1 heterocycles. The Kier molecular flexibility index (Phi) is 4.01. The van der Waals surface area contributed by atoms with Crippen LogP contribution in [0, 0.1) is 0 Å². The van der Waals surface area contributed by atoms with Crippen LogP contribution in [0.4, 0.5) is 13.2 Å². The zero-order valence-corrected chi connectivity index (χ0v) is 12.9. The Morgan fingerprint density at radius 1 is 1.04 bits per heavy atom. The second kappa shape index (κ2) is 6.00. The smallest absolute Gasteiger partial charge is 0.433 e. The monoisotopic (exact) mass is 329 g/mol. The third-order valence-electron chi connectivity index (χ3n) is 3.77. The summed E-state index contributed by atoms with van der Waals surface area (Å²) in [6.07, 6.45) is -4.51. The first-order valence-corrected chi connectivity index (χ1v) is 7.21. The fourth-order valence-electron chi connectivity index (χ4n) is 2.52. The first-order chi connectivity index (χ1) is 11.4. The molecule has 3 aromatic rings. The minimum atomic E-state index is -4.51. The van der Waals surface area contributed by atoms with E-state index in [0.717, 1.165) is 11.6 Å². The molecule has 0 amide bonds. The Morgan fingerprint density at radius 2 is 1.71 bits per heavy atom. The molecule has 2 aromatic carbocycles. The van der Waals surface area contributed by atoms with E-state index in [0.29, 0.717) is 22.3 Å². The minimum absolute atomic E-state index is 0.289. The Labute approximate surface area is 137 Å². The molecule has 0 radical (unpaired) electrons. The molecule has 122 valence electrons. The molecule has 0 fully saturated rings. The van der Waals surface area contributed by atoms with Gasteiger partial charge < -0.3 is 4.74 Å². The van der Waals surface area contributed by atoms with E-state index in [1.54, 1.807) is 55.6 Å². The average molecular weight is 329 g/mol. The van der Waals surface area contributed by atoms with Crippen molar-refractivity contribution >= 4 is 16.5 Å². The van der Waals surface area contributed by atoms with Crippen LogP contribution in [0.5, 0.6) is 5.75 Å². The molecule has 0 spiro atoms. The second-order valence-corrected chi connectivity index (χ2v) is 5.28. The van der Waals surface area contributed by atoms with Crippen molar-refractivity contribution in [2.24, 2.45) is 0 Å². The van der Waals surface area contributed by atoms with Crippen molar-refractivity contribution in [3.05, 3.63) is 78.0 Å². The molecule has 2 nitrogen and oxygen atoms in total. The SMILES string of the molecule is C=C(c1ccc(OC)cc1)c1cc(C(F)(F)F)nc2ccccc12. The number of alkyl halides is 3. The Hall–Kier alpha value is -2.82. The van der Waals surface area contributed by atoms with Gasteiger partial charge in [0, 0.05) is 5.39 Å². The van der Waals surface area contributed by atoms with E-state index in [1.807, 2.05) is 0 Å². The molecule has 0 aliphatic carbocycles. The molecule has 0 bridgehead atoms. The Balaban J connectivity index is 2.17. The number of pyridine rings is 1. The summed E-state index contributed by atoms with van der Waals surface area (Å²) in [7, 11) is 1.55. The van der Waals surface area contributed by atoms with E-state index >= 15 is 0 Å². The maximum Gasteiger partial charge on any atom is 0.433 e. The number of hydrogen-bond acceptors (Lipinski definition) is 2. The minimum Gasteiger partial charge on any atom is -0.497 e. The third kappa shape index (κ3) is 2.97. The maximum absolute atomic E-state index is 13.2. The zero-order chi connectivity index (χ0) is 17.3. The lowest BCUT2D eigenvalue weighted by Gasteiger charge is -2.14. The molecular formula is C19H14F3NO. The van der Waals surface area contributed by atoms with Gasteiger partial charge in [-0.3, -0.25) is 0 Å². The summed E-state index contributed by atoms with van der Waals surface area (Å²) in [5, 5.41) is 0.631. The molecule has 1 aromatic heterocycles. The molecule has 0 N–H and O–H groups in total. The van der Waals surface area contributed by atoms with Crippen molar-refractivity contribution in [1.82, 2.24) is 4.98 Å². The first-order valence-electron chi connectivity index (χ1n) is 7.21. The number of aromatic nitrogens is 1. The number of fused-ring (bicyclic) bond motifs is 1. The van der Waals surface area contributed by atoms with Crippen LogP contribution >= 0.6 is 0 Å². The van der Waals surface area contributed by atoms with Crippen LogP contribution in [0.2, 0.25) is 0 Å². The van der Waals surface area contributed by atoms with Gasteiger partial charge in [-0.1, -0.05) is 36.9 Å². The van der Waals surface area contributed by atoms with Crippen LogP contribution in [0.25, 0.3) is 16.5 Å².